The van der Waals surface area contributed by atoms with Crippen LogP contribution in [-0.2, 0) is 17.6 Å². The van der Waals surface area contributed by atoms with Crippen LogP contribution < -0.4 is 5.32 Å². The fourth-order valence-corrected chi connectivity index (χ4v) is 5.55. The number of thioether (sulfide) groups is 1. The van der Waals surface area contributed by atoms with Gasteiger partial charge in [0.05, 0.1) is 11.1 Å². The molecule has 0 unspecified atom stereocenters. The van der Waals surface area contributed by atoms with Crippen LogP contribution in [0.25, 0.3) is 15.9 Å². The molecular formula is C19H16ClN5OS2. The minimum atomic E-state index is -0.106. The molecule has 6 nitrogen and oxygen atoms in total. The first-order valence-corrected chi connectivity index (χ1v) is 11.2. The van der Waals surface area contributed by atoms with Gasteiger partial charge >= 0.3 is 0 Å². The molecule has 3 heterocycles. The molecule has 5 rings (SSSR count). The second kappa shape index (κ2) is 7.35. The average Bonchev–Trinajstić information content (AvgIpc) is 3.28. The van der Waals surface area contributed by atoms with Crippen molar-refractivity contribution in [2.45, 2.75) is 30.8 Å². The van der Waals surface area contributed by atoms with Crippen LogP contribution in [0.1, 0.15) is 23.3 Å². The fourth-order valence-electron chi connectivity index (χ4n) is 3.49. The first-order chi connectivity index (χ1) is 13.7. The van der Waals surface area contributed by atoms with E-state index in [9.17, 15) is 4.79 Å². The van der Waals surface area contributed by atoms with E-state index in [1.54, 1.807) is 41.9 Å². The summed E-state index contributed by atoms with van der Waals surface area (Å²) in [6, 6.07) is 7.04. The van der Waals surface area contributed by atoms with Crippen LogP contribution in [-0.4, -0.2) is 31.2 Å². The van der Waals surface area contributed by atoms with Crippen molar-refractivity contribution in [2.24, 2.45) is 0 Å². The van der Waals surface area contributed by atoms with Crippen LogP contribution >= 0.6 is 34.7 Å². The molecule has 4 aromatic rings. The maximum atomic E-state index is 12.3. The summed E-state index contributed by atoms with van der Waals surface area (Å²) in [5.74, 6) is 0.134. The Morgan fingerprint density at radius 3 is 2.89 bits per heavy atom. The molecular weight excluding hydrogens is 414 g/mol. The first-order valence-electron chi connectivity index (χ1n) is 9.01. The Morgan fingerprint density at radius 2 is 2.04 bits per heavy atom. The van der Waals surface area contributed by atoms with Gasteiger partial charge in [-0.15, -0.1) is 21.5 Å². The van der Waals surface area contributed by atoms with E-state index in [-0.39, 0.29) is 11.7 Å². The summed E-state index contributed by atoms with van der Waals surface area (Å²) in [6.07, 6.45) is 6.42. The highest BCUT2D eigenvalue weighted by molar-refractivity contribution is 7.99. The molecule has 1 aliphatic carbocycles. The minimum absolute atomic E-state index is 0.106. The highest BCUT2D eigenvalue weighted by atomic mass is 35.5. The lowest BCUT2D eigenvalue weighted by atomic mass is 9.97. The minimum Gasteiger partial charge on any atom is -0.325 e. The summed E-state index contributed by atoms with van der Waals surface area (Å²) in [7, 11) is 0. The number of nitrogens with one attached hydrogen (secondary N) is 1. The second-order valence-corrected chi connectivity index (χ2v) is 9.12. The van der Waals surface area contributed by atoms with Crippen molar-refractivity contribution in [3.63, 3.8) is 0 Å². The molecule has 0 saturated heterocycles. The Hall–Kier alpha value is -2.16. The summed E-state index contributed by atoms with van der Waals surface area (Å²) in [6.45, 7) is 0. The van der Waals surface area contributed by atoms with Gasteiger partial charge in [0.25, 0.3) is 0 Å². The Bertz CT molecular complexity index is 1180. The molecule has 1 N–H and O–H groups in total. The molecule has 0 spiro atoms. The molecule has 1 amide bonds. The molecule has 0 saturated carbocycles. The van der Waals surface area contributed by atoms with Gasteiger partial charge in [-0.3, -0.25) is 9.20 Å². The molecule has 0 atom stereocenters. The highest BCUT2D eigenvalue weighted by Crippen LogP contribution is 2.37. The second-order valence-electron chi connectivity index (χ2n) is 6.66. The molecule has 0 fully saturated rings. The molecule has 9 heteroatoms. The van der Waals surface area contributed by atoms with E-state index in [1.165, 1.54) is 35.0 Å². The number of hydrogen-bond donors (Lipinski definition) is 1. The van der Waals surface area contributed by atoms with E-state index < -0.39 is 0 Å². The first kappa shape index (κ1) is 17.9. The Balaban J connectivity index is 1.37. The van der Waals surface area contributed by atoms with E-state index in [1.807, 2.05) is 4.40 Å². The van der Waals surface area contributed by atoms with Crippen LogP contribution in [0.3, 0.4) is 0 Å². The van der Waals surface area contributed by atoms with E-state index in [4.69, 9.17) is 11.6 Å². The van der Waals surface area contributed by atoms with Gasteiger partial charge in [-0.05, 0) is 55.5 Å². The Kier molecular flexibility index (Phi) is 4.70. The number of hydrogen-bond acceptors (Lipinski definition) is 6. The number of thiophene rings is 1. The zero-order valence-electron chi connectivity index (χ0n) is 14.8. The lowest BCUT2D eigenvalue weighted by Gasteiger charge is -2.10. The van der Waals surface area contributed by atoms with Crippen molar-refractivity contribution in [1.29, 1.82) is 0 Å². The van der Waals surface area contributed by atoms with Crippen LogP contribution in [0.15, 0.2) is 35.7 Å². The number of benzene rings is 1. The summed E-state index contributed by atoms with van der Waals surface area (Å²) >= 11 is 8.99. The van der Waals surface area contributed by atoms with Crippen molar-refractivity contribution in [3.8, 4) is 0 Å². The predicted molar refractivity (Wildman–Crippen MR) is 114 cm³/mol. The lowest BCUT2D eigenvalue weighted by Crippen LogP contribution is -2.14. The standard InChI is InChI=1S/C19H16ClN5OS2/c20-11-5-7-12(8-6-11)22-15(26)9-27-19-24-23-17-16-13-3-1-2-4-14(13)28-18(16)21-10-25(17)19/h5-8,10H,1-4,9H2,(H,22,26). The van der Waals surface area contributed by atoms with Crippen molar-refractivity contribution in [2.75, 3.05) is 11.1 Å². The van der Waals surface area contributed by atoms with E-state index in [0.29, 0.717) is 10.2 Å². The largest absolute Gasteiger partial charge is 0.325 e. The van der Waals surface area contributed by atoms with Crippen molar-refractivity contribution in [3.05, 3.63) is 46.1 Å². The third-order valence-corrected chi connectivity index (χ3v) is 7.19. The number of nitrogens with zero attached hydrogens (tertiary/aromatic N) is 4. The number of aryl methyl sites for hydroxylation is 2. The highest BCUT2D eigenvalue weighted by Gasteiger charge is 2.21. The van der Waals surface area contributed by atoms with Gasteiger partial charge in [-0.2, -0.15) is 0 Å². The third kappa shape index (κ3) is 3.25. The maximum Gasteiger partial charge on any atom is 0.234 e. The number of amides is 1. The van der Waals surface area contributed by atoms with Gasteiger partial charge in [0.1, 0.15) is 11.2 Å². The topological polar surface area (TPSA) is 72.2 Å². The molecule has 28 heavy (non-hydrogen) atoms. The quantitative estimate of drug-likeness (QED) is 0.480. The number of rotatable bonds is 4. The molecule has 142 valence electrons. The van der Waals surface area contributed by atoms with Gasteiger partial charge in [-0.1, -0.05) is 23.4 Å². The zero-order valence-corrected chi connectivity index (χ0v) is 17.2. The van der Waals surface area contributed by atoms with E-state index in [2.05, 4.69) is 20.5 Å². The number of halogens is 1. The number of anilines is 1. The maximum absolute atomic E-state index is 12.3. The summed E-state index contributed by atoms with van der Waals surface area (Å²) < 4.78 is 1.89. The molecule has 1 aliphatic rings. The molecule has 0 bridgehead atoms. The lowest BCUT2D eigenvalue weighted by molar-refractivity contribution is -0.113. The van der Waals surface area contributed by atoms with Crippen LogP contribution in [0, 0.1) is 0 Å². The van der Waals surface area contributed by atoms with Crippen molar-refractivity contribution in [1.82, 2.24) is 19.6 Å². The average molecular weight is 430 g/mol. The van der Waals surface area contributed by atoms with Gasteiger partial charge in [-0.25, -0.2) is 4.98 Å². The monoisotopic (exact) mass is 429 g/mol. The van der Waals surface area contributed by atoms with Gasteiger partial charge in [0, 0.05) is 15.6 Å². The Labute approximate surface area is 174 Å². The summed E-state index contributed by atoms with van der Waals surface area (Å²) in [5, 5.41) is 14.0. The number of carbonyl (C=O) groups excluding carboxylic acids is 1. The van der Waals surface area contributed by atoms with E-state index in [0.717, 1.165) is 34.4 Å². The smallest absolute Gasteiger partial charge is 0.234 e. The third-order valence-electron chi connectivity index (χ3n) is 4.79. The van der Waals surface area contributed by atoms with Crippen LogP contribution in [0.5, 0.6) is 0 Å². The molecule has 0 radical (unpaired) electrons. The fraction of sp³-hybridized carbons (Fsp3) is 0.263. The van der Waals surface area contributed by atoms with Gasteiger partial charge in [0.2, 0.25) is 5.91 Å². The van der Waals surface area contributed by atoms with Gasteiger partial charge < -0.3 is 5.32 Å². The zero-order chi connectivity index (χ0) is 19.1. The predicted octanol–water partition coefficient (Wildman–Crippen LogP) is 4.60. The van der Waals surface area contributed by atoms with Crippen molar-refractivity contribution >= 4 is 62.2 Å². The van der Waals surface area contributed by atoms with Crippen LogP contribution in [0.2, 0.25) is 5.02 Å². The number of fused-ring (bicyclic) bond motifs is 5. The summed E-state index contributed by atoms with van der Waals surface area (Å²) in [5.41, 5.74) is 2.94. The Morgan fingerprint density at radius 1 is 1.21 bits per heavy atom. The molecule has 0 aliphatic heterocycles. The SMILES string of the molecule is O=C(CSc1nnc2c3c4c(sc3ncn12)CCCC4)Nc1ccc(Cl)cc1. The van der Waals surface area contributed by atoms with Crippen molar-refractivity contribution < 1.29 is 4.79 Å². The molecule has 1 aromatic carbocycles. The van der Waals surface area contributed by atoms with Crippen LogP contribution in [0.4, 0.5) is 5.69 Å². The molecule has 3 aromatic heterocycles. The number of aromatic nitrogens is 4. The van der Waals surface area contributed by atoms with E-state index >= 15 is 0 Å². The normalized spacial score (nSPS) is 13.8. The number of carbonyl (C=O) groups is 1. The van der Waals surface area contributed by atoms with Gasteiger partial charge in [0.15, 0.2) is 10.8 Å². The summed E-state index contributed by atoms with van der Waals surface area (Å²) in [4.78, 5) is 19.3.